The van der Waals surface area contributed by atoms with Crippen LogP contribution in [0.5, 0.6) is 0 Å². The lowest BCUT2D eigenvalue weighted by atomic mass is 10.0. The van der Waals surface area contributed by atoms with Gasteiger partial charge in [0.2, 0.25) is 0 Å². The second-order valence-corrected chi connectivity index (χ2v) is 6.84. The molecule has 1 aliphatic rings. The maximum absolute atomic E-state index is 12.9. The molecule has 0 fully saturated rings. The zero-order valence-corrected chi connectivity index (χ0v) is 16.3. The summed E-state index contributed by atoms with van der Waals surface area (Å²) in [6.07, 6.45) is 4.21. The number of aliphatic carboxylic acids is 1. The summed E-state index contributed by atoms with van der Waals surface area (Å²) in [5, 5.41) is 21.5. The van der Waals surface area contributed by atoms with Gasteiger partial charge in [-0.2, -0.15) is 0 Å². The van der Waals surface area contributed by atoms with Crippen LogP contribution in [-0.2, 0) is 4.79 Å². The van der Waals surface area contributed by atoms with Gasteiger partial charge in [-0.1, -0.05) is 23.4 Å². The molecule has 0 saturated heterocycles. The van der Waals surface area contributed by atoms with Crippen molar-refractivity contribution in [2.75, 3.05) is 19.6 Å². The van der Waals surface area contributed by atoms with E-state index in [0.29, 0.717) is 6.42 Å². The molecule has 2 heterocycles. The number of hydrogen-bond donors (Lipinski definition) is 2. The molecule has 152 valence electrons. The maximum Gasteiger partial charge on any atom is 0.300 e. The molecule has 0 saturated carbocycles. The fraction of sp³-hybridized carbons (Fsp3) is 0.429. The largest absolute Gasteiger partial charge is 0.481 e. The Morgan fingerprint density at radius 3 is 2.57 bits per heavy atom. The highest BCUT2D eigenvalue weighted by molar-refractivity contribution is 5.63. The highest BCUT2D eigenvalue weighted by Crippen LogP contribution is 2.24. The Kier molecular flexibility index (Phi) is 8.35. The van der Waals surface area contributed by atoms with Crippen LogP contribution in [0.1, 0.15) is 49.3 Å². The molecule has 3 rings (SSSR count). The van der Waals surface area contributed by atoms with E-state index < -0.39 is 12.1 Å². The number of aliphatic hydroxyl groups is 1. The molecule has 2 N–H and O–H groups in total. The lowest BCUT2D eigenvalue weighted by Crippen LogP contribution is -2.29. The van der Waals surface area contributed by atoms with Crippen molar-refractivity contribution in [2.24, 2.45) is 0 Å². The van der Waals surface area contributed by atoms with Crippen molar-refractivity contribution >= 4 is 11.5 Å². The average Bonchev–Trinajstić information content (AvgIpc) is 3.09. The third-order valence-corrected chi connectivity index (χ3v) is 4.44. The monoisotopic (exact) mass is 390 g/mol. The van der Waals surface area contributed by atoms with Crippen LogP contribution in [-0.4, -0.2) is 45.9 Å². The van der Waals surface area contributed by atoms with Crippen LogP contribution in [0.25, 0.3) is 5.57 Å². The summed E-state index contributed by atoms with van der Waals surface area (Å²) in [7, 11) is 0. The van der Waals surface area contributed by atoms with Gasteiger partial charge in [0.25, 0.3) is 5.97 Å². The van der Waals surface area contributed by atoms with Gasteiger partial charge in [0, 0.05) is 26.1 Å². The number of benzene rings is 1. The predicted molar refractivity (Wildman–Crippen MR) is 104 cm³/mol. The fourth-order valence-corrected chi connectivity index (χ4v) is 3.01. The lowest BCUT2D eigenvalue weighted by molar-refractivity contribution is -0.134. The van der Waals surface area contributed by atoms with E-state index in [1.54, 1.807) is 12.1 Å². The number of nitrogens with zero attached hydrogens (tertiary/aromatic N) is 2. The van der Waals surface area contributed by atoms with E-state index in [9.17, 15) is 9.50 Å². The van der Waals surface area contributed by atoms with Gasteiger partial charge in [0.1, 0.15) is 5.82 Å². The SMILES string of the molecule is CC(=O)O.Cc1cc(C2=CCN(CCCC(O)c3ccc(F)cc3)CC2)on1. The number of carboxylic acid groups (broad SMARTS) is 1. The number of carboxylic acids is 1. The molecule has 7 heteroatoms. The van der Waals surface area contributed by atoms with Crippen molar-refractivity contribution in [3.05, 3.63) is 59.2 Å². The molecule has 0 bridgehead atoms. The van der Waals surface area contributed by atoms with Crippen molar-refractivity contribution in [2.45, 2.75) is 39.2 Å². The summed E-state index contributed by atoms with van der Waals surface area (Å²) in [6.45, 7) is 5.83. The zero-order valence-electron chi connectivity index (χ0n) is 16.3. The summed E-state index contributed by atoms with van der Waals surface area (Å²) in [5.74, 6) is -0.234. The minimum absolute atomic E-state index is 0.274. The topological polar surface area (TPSA) is 86.8 Å². The summed E-state index contributed by atoms with van der Waals surface area (Å²) in [5.41, 5.74) is 2.90. The third-order valence-electron chi connectivity index (χ3n) is 4.44. The molecule has 0 radical (unpaired) electrons. The van der Waals surface area contributed by atoms with E-state index in [0.717, 1.165) is 56.4 Å². The van der Waals surface area contributed by atoms with Crippen LogP contribution in [0, 0.1) is 12.7 Å². The first-order valence-electron chi connectivity index (χ1n) is 9.33. The van der Waals surface area contributed by atoms with Gasteiger partial charge in [-0.3, -0.25) is 9.69 Å². The molecular weight excluding hydrogens is 363 g/mol. The molecule has 28 heavy (non-hydrogen) atoms. The minimum atomic E-state index is -0.833. The maximum atomic E-state index is 12.9. The van der Waals surface area contributed by atoms with E-state index in [4.69, 9.17) is 14.4 Å². The van der Waals surface area contributed by atoms with Gasteiger partial charge in [-0.15, -0.1) is 0 Å². The highest BCUT2D eigenvalue weighted by atomic mass is 19.1. The molecule has 2 aromatic rings. The quantitative estimate of drug-likeness (QED) is 0.780. The Labute approximate surface area is 164 Å². The number of aliphatic hydroxyl groups excluding tert-OH is 1. The first kappa shape index (κ1) is 21.8. The molecule has 0 aliphatic carbocycles. The first-order chi connectivity index (χ1) is 13.3. The van der Waals surface area contributed by atoms with Crippen LogP contribution in [0.15, 0.2) is 40.9 Å². The van der Waals surface area contributed by atoms with Crippen LogP contribution < -0.4 is 0 Å². The van der Waals surface area contributed by atoms with Crippen LogP contribution in [0.4, 0.5) is 4.39 Å². The normalized spacial score (nSPS) is 15.4. The van der Waals surface area contributed by atoms with Crippen molar-refractivity contribution < 1.29 is 23.9 Å². The van der Waals surface area contributed by atoms with Crippen LogP contribution >= 0.6 is 0 Å². The average molecular weight is 390 g/mol. The summed E-state index contributed by atoms with van der Waals surface area (Å²) in [6, 6.07) is 8.05. The Morgan fingerprint density at radius 2 is 2.04 bits per heavy atom. The van der Waals surface area contributed by atoms with Crippen LogP contribution in [0.2, 0.25) is 0 Å². The van der Waals surface area contributed by atoms with Gasteiger partial charge in [-0.05, 0) is 56.0 Å². The Balaban J connectivity index is 0.000000640. The van der Waals surface area contributed by atoms with Gasteiger partial charge >= 0.3 is 0 Å². The van der Waals surface area contributed by atoms with E-state index in [-0.39, 0.29) is 5.82 Å². The number of hydrogen-bond acceptors (Lipinski definition) is 5. The molecule has 6 nitrogen and oxygen atoms in total. The number of aromatic nitrogens is 1. The minimum Gasteiger partial charge on any atom is -0.481 e. The summed E-state index contributed by atoms with van der Waals surface area (Å²) >= 11 is 0. The van der Waals surface area contributed by atoms with E-state index in [1.165, 1.54) is 17.7 Å². The van der Waals surface area contributed by atoms with E-state index in [1.807, 2.05) is 13.0 Å². The number of aryl methyl sites for hydroxylation is 1. The second kappa shape index (κ2) is 10.7. The molecule has 0 spiro atoms. The second-order valence-electron chi connectivity index (χ2n) is 6.84. The van der Waals surface area contributed by atoms with E-state index >= 15 is 0 Å². The third kappa shape index (κ3) is 7.25. The van der Waals surface area contributed by atoms with Crippen LogP contribution in [0.3, 0.4) is 0 Å². The Bertz CT molecular complexity index is 782. The smallest absolute Gasteiger partial charge is 0.300 e. The Morgan fingerprint density at radius 1 is 1.36 bits per heavy atom. The number of carbonyl (C=O) groups is 1. The molecule has 1 aromatic carbocycles. The van der Waals surface area contributed by atoms with Gasteiger partial charge < -0.3 is 14.7 Å². The van der Waals surface area contributed by atoms with Gasteiger partial charge in [0.15, 0.2) is 5.76 Å². The Hall–Kier alpha value is -2.51. The van der Waals surface area contributed by atoms with Gasteiger partial charge in [-0.25, -0.2) is 4.39 Å². The fourth-order valence-electron chi connectivity index (χ4n) is 3.01. The highest BCUT2D eigenvalue weighted by Gasteiger charge is 2.16. The molecule has 1 aromatic heterocycles. The number of halogens is 1. The number of rotatable bonds is 6. The zero-order chi connectivity index (χ0) is 20.5. The van der Waals surface area contributed by atoms with Crippen molar-refractivity contribution in [3.8, 4) is 0 Å². The molecule has 0 amide bonds. The van der Waals surface area contributed by atoms with E-state index in [2.05, 4.69) is 16.1 Å². The predicted octanol–water partition coefficient (Wildman–Crippen LogP) is 3.82. The molecular formula is C21H27FN2O4. The van der Waals surface area contributed by atoms with Crippen molar-refractivity contribution in [1.29, 1.82) is 0 Å². The summed E-state index contributed by atoms with van der Waals surface area (Å²) < 4.78 is 18.2. The van der Waals surface area contributed by atoms with Gasteiger partial charge in [0.05, 0.1) is 11.8 Å². The standard InChI is InChI=1S/C19H23FN2O2.C2H4O2/c1-14-13-19(24-21-14)16-8-11-22(12-9-16)10-2-3-18(23)15-4-6-17(20)7-5-15;1-2(3)4/h4-8,13,18,23H,2-3,9-12H2,1H3;1H3,(H,3,4). The van der Waals surface area contributed by atoms with Crippen molar-refractivity contribution in [1.82, 2.24) is 10.1 Å². The summed E-state index contributed by atoms with van der Waals surface area (Å²) in [4.78, 5) is 11.4. The van der Waals surface area contributed by atoms with Crippen molar-refractivity contribution in [3.63, 3.8) is 0 Å². The molecule has 1 atom stereocenters. The molecule has 1 unspecified atom stereocenters. The lowest BCUT2D eigenvalue weighted by Gasteiger charge is -2.25. The first-order valence-corrected chi connectivity index (χ1v) is 9.33. The molecule has 1 aliphatic heterocycles.